The first kappa shape index (κ1) is 21.8. The fraction of sp³-hybridized carbons (Fsp3) is 0.278. The summed E-state index contributed by atoms with van der Waals surface area (Å²) in [4.78, 5) is 28.3. The highest BCUT2D eigenvalue weighted by molar-refractivity contribution is 7.89. The molecule has 0 aliphatic heterocycles. The molecule has 0 radical (unpaired) electrons. The van der Waals surface area contributed by atoms with Crippen molar-refractivity contribution in [3.63, 3.8) is 0 Å². The number of nitrogens with one attached hydrogen (secondary N) is 1. The Balaban J connectivity index is 2.13. The molecule has 0 spiro atoms. The summed E-state index contributed by atoms with van der Waals surface area (Å²) in [5.74, 6) is -1.33. The van der Waals surface area contributed by atoms with Crippen molar-refractivity contribution in [3.8, 4) is 0 Å². The van der Waals surface area contributed by atoms with Crippen molar-refractivity contribution in [1.82, 2.24) is 9.29 Å². The lowest BCUT2D eigenvalue weighted by atomic mass is 10.2. The van der Waals surface area contributed by atoms with Gasteiger partial charge in [-0.2, -0.15) is 0 Å². The van der Waals surface area contributed by atoms with E-state index in [1.165, 1.54) is 51.5 Å². The number of sulfonamides is 1. The Morgan fingerprint density at radius 1 is 1.21 bits per heavy atom. The number of pyridine rings is 1. The van der Waals surface area contributed by atoms with E-state index in [9.17, 15) is 18.0 Å². The molecule has 1 aromatic heterocycles. The van der Waals surface area contributed by atoms with Crippen molar-refractivity contribution >= 4 is 39.2 Å². The molecule has 28 heavy (non-hydrogen) atoms. The van der Waals surface area contributed by atoms with Crippen molar-refractivity contribution < 1.29 is 22.7 Å². The second-order valence-electron chi connectivity index (χ2n) is 6.17. The molecule has 1 heterocycles. The van der Waals surface area contributed by atoms with Crippen molar-refractivity contribution in [2.75, 3.05) is 19.4 Å². The van der Waals surface area contributed by atoms with Crippen LogP contribution in [0.4, 0.5) is 5.69 Å². The Labute approximate surface area is 168 Å². The van der Waals surface area contributed by atoms with Crippen molar-refractivity contribution in [3.05, 3.63) is 52.8 Å². The molecule has 10 heteroatoms. The van der Waals surface area contributed by atoms with Crippen LogP contribution in [0.3, 0.4) is 0 Å². The van der Waals surface area contributed by atoms with Crippen LogP contribution in [0.5, 0.6) is 0 Å². The third kappa shape index (κ3) is 5.06. The highest BCUT2D eigenvalue weighted by Gasteiger charge is 2.22. The van der Waals surface area contributed by atoms with Gasteiger partial charge in [0.05, 0.1) is 10.5 Å². The molecule has 150 valence electrons. The standard InChI is InChI=1S/C18H20ClN3O5S/c1-11-5-7-14(28(25,26)22(3)4)9-15(11)21-17(23)12(2)27-18(24)13-6-8-16(19)20-10-13/h5-10,12H,1-4H3,(H,21,23). The maximum absolute atomic E-state index is 12.4. The average molecular weight is 426 g/mol. The molecule has 2 rings (SSSR count). The number of carbonyl (C=O) groups is 2. The lowest BCUT2D eigenvalue weighted by molar-refractivity contribution is -0.123. The largest absolute Gasteiger partial charge is 0.449 e. The van der Waals surface area contributed by atoms with Gasteiger partial charge in [0.15, 0.2) is 6.10 Å². The average Bonchev–Trinajstić information content (AvgIpc) is 2.63. The molecule has 0 saturated heterocycles. The highest BCUT2D eigenvalue weighted by Crippen LogP contribution is 2.22. The molecule has 2 aromatic rings. The summed E-state index contributed by atoms with van der Waals surface area (Å²) in [5.41, 5.74) is 1.12. The van der Waals surface area contributed by atoms with Gasteiger partial charge >= 0.3 is 5.97 Å². The molecule has 1 atom stereocenters. The zero-order chi connectivity index (χ0) is 21.1. The van der Waals surface area contributed by atoms with Crippen LogP contribution in [0.25, 0.3) is 0 Å². The quantitative estimate of drug-likeness (QED) is 0.563. The number of ether oxygens (including phenoxy) is 1. The van der Waals surface area contributed by atoms with Gasteiger partial charge in [0.1, 0.15) is 5.15 Å². The van der Waals surface area contributed by atoms with E-state index in [2.05, 4.69) is 10.3 Å². The van der Waals surface area contributed by atoms with Gasteiger partial charge in [0, 0.05) is 26.0 Å². The van der Waals surface area contributed by atoms with Crippen molar-refractivity contribution in [2.45, 2.75) is 24.8 Å². The zero-order valence-corrected chi connectivity index (χ0v) is 17.3. The molecular formula is C18H20ClN3O5S. The third-order valence-electron chi connectivity index (χ3n) is 3.86. The van der Waals surface area contributed by atoms with Crippen LogP contribution in [-0.2, 0) is 19.6 Å². The fourth-order valence-electron chi connectivity index (χ4n) is 2.12. The van der Waals surface area contributed by atoms with Crippen LogP contribution in [0.2, 0.25) is 5.15 Å². The second kappa shape index (κ2) is 8.68. The summed E-state index contributed by atoms with van der Waals surface area (Å²) in [7, 11) is -0.817. The predicted octanol–water partition coefficient (Wildman–Crippen LogP) is 2.48. The Bertz CT molecular complexity index is 991. The maximum atomic E-state index is 12.4. The number of halogens is 1. The Morgan fingerprint density at radius 2 is 1.89 bits per heavy atom. The number of benzene rings is 1. The first-order valence-electron chi connectivity index (χ1n) is 8.19. The number of anilines is 1. The Hall–Kier alpha value is -2.49. The summed E-state index contributed by atoms with van der Waals surface area (Å²) in [6.07, 6.45) is 0.131. The number of rotatable bonds is 6. The van der Waals surface area contributed by atoms with Gasteiger partial charge in [-0.15, -0.1) is 0 Å². The second-order valence-corrected chi connectivity index (χ2v) is 8.71. The van der Waals surface area contributed by atoms with Crippen LogP contribution in [0, 0.1) is 6.92 Å². The van der Waals surface area contributed by atoms with E-state index >= 15 is 0 Å². The maximum Gasteiger partial charge on any atom is 0.340 e. The highest BCUT2D eigenvalue weighted by atomic mass is 35.5. The number of esters is 1. The minimum atomic E-state index is -3.65. The number of carbonyl (C=O) groups excluding carboxylic acids is 2. The van der Waals surface area contributed by atoms with E-state index in [0.717, 1.165) is 4.31 Å². The van der Waals surface area contributed by atoms with Gasteiger partial charge in [-0.05, 0) is 43.7 Å². The van der Waals surface area contributed by atoms with E-state index < -0.39 is 28.0 Å². The van der Waals surface area contributed by atoms with Crippen molar-refractivity contribution in [2.24, 2.45) is 0 Å². The van der Waals surface area contributed by atoms with E-state index in [0.29, 0.717) is 11.3 Å². The summed E-state index contributed by atoms with van der Waals surface area (Å²) in [6.45, 7) is 3.13. The summed E-state index contributed by atoms with van der Waals surface area (Å²) in [6, 6.07) is 7.27. The topological polar surface area (TPSA) is 106 Å². The molecule has 0 aliphatic carbocycles. The van der Waals surface area contributed by atoms with Crippen LogP contribution < -0.4 is 5.32 Å². The first-order valence-corrected chi connectivity index (χ1v) is 10.0. The van der Waals surface area contributed by atoms with E-state index in [4.69, 9.17) is 16.3 Å². The number of aromatic nitrogens is 1. The number of hydrogen-bond donors (Lipinski definition) is 1. The zero-order valence-electron chi connectivity index (χ0n) is 15.8. The van der Waals surface area contributed by atoms with Crippen LogP contribution in [-0.4, -0.2) is 49.8 Å². The molecule has 0 fully saturated rings. The predicted molar refractivity (Wildman–Crippen MR) is 105 cm³/mol. The normalized spacial score (nSPS) is 12.5. The Kier molecular flexibility index (Phi) is 6.76. The summed E-state index contributed by atoms with van der Waals surface area (Å²) in [5, 5.41) is 2.82. The van der Waals surface area contributed by atoms with Gasteiger partial charge in [-0.3, -0.25) is 4.79 Å². The van der Waals surface area contributed by atoms with Crippen LogP contribution in [0.1, 0.15) is 22.8 Å². The number of nitrogens with zero attached hydrogens (tertiary/aromatic N) is 2. The molecule has 0 aliphatic rings. The van der Waals surface area contributed by atoms with E-state index in [1.54, 1.807) is 13.0 Å². The minimum absolute atomic E-state index is 0.0373. The number of aryl methyl sites for hydroxylation is 1. The third-order valence-corrected chi connectivity index (χ3v) is 5.90. The minimum Gasteiger partial charge on any atom is -0.449 e. The molecule has 1 unspecified atom stereocenters. The van der Waals surface area contributed by atoms with Gasteiger partial charge in [-0.25, -0.2) is 22.5 Å². The van der Waals surface area contributed by atoms with Crippen LogP contribution in [0.15, 0.2) is 41.4 Å². The summed E-state index contributed by atoms with van der Waals surface area (Å²) >= 11 is 5.67. The van der Waals surface area contributed by atoms with E-state index in [-0.39, 0.29) is 15.6 Å². The Morgan fingerprint density at radius 3 is 2.46 bits per heavy atom. The lowest BCUT2D eigenvalue weighted by Crippen LogP contribution is -2.30. The van der Waals surface area contributed by atoms with E-state index in [1.807, 2.05) is 0 Å². The molecular weight excluding hydrogens is 406 g/mol. The molecule has 1 amide bonds. The van der Waals surface area contributed by atoms with Gasteiger partial charge in [-0.1, -0.05) is 17.7 Å². The smallest absolute Gasteiger partial charge is 0.340 e. The first-order chi connectivity index (χ1) is 13.0. The van der Waals surface area contributed by atoms with Crippen molar-refractivity contribution in [1.29, 1.82) is 0 Å². The summed E-state index contributed by atoms with van der Waals surface area (Å²) < 4.78 is 30.7. The number of hydrogen-bond acceptors (Lipinski definition) is 6. The number of amides is 1. The molecule has 8 nitrogen and oxygen atoms in total. The van der Waals surface area contributed by atoms with Gasteiger partial charge < -0.3 is 10.1 Å². The van der Waals surface area contributed by atoms with Gasteiger partial charge in [0.2, 0.25) is 10.0 Å². The molecule has 1 N–H and O–H groups in total. The fourth-order valence-corrected chi connectivity index (χ4v) is 3.16. The van der Waals surface area contributed by atoms with Crippen LogP contribution >= 0.6 is 11.6 Å². The molecule has 1 aromatic carbocycles. The monoisotopic (exact) mass is 425 g/mol. The van der Waals surface area contributed by atoms with Gasteiger partial charge in [0.25, 0.3) is 5.91 Å². The SMILES string of the molecule is Cc1ccc(S(=O)(=O)N(C)C)cc1NC(=O)C(C)OC(=O)c1ccc(Cl)nc1. The molecule has 0 bridgehead atoms. The molecule has 0 saturated carbocycles. The lowest BCUT2D eigenvalue weighted by Gasteiger charge is -2.17.